The summed E-state index contributed by atoms with van der Waals surface area (Å²) in [5.74, 6) is -1.12. The Hall–Kier alpha value is -1.59. The van der Waals surface area contributed by atoms with Crippen LogP contribution in [-0.2, 0) is 19.1 Å². The van der Waals surface area contributed by atoms with Crippen molar-refractivity contribution in [1.29, 1.82) is 0 Å². The van der Waals surface area contributed by atoms with Gasteiger partial charge in [0.2, 0.25) is 11.8 Å². The van der Waals surface area contributed by atoms with Crippen molar-refractivity contribution in [2.45, 2.75) is 66.0 Å². The summed E-state index contributed by atoms with van der Waals surface area (Å²) in [6.07, 6.45) is 1.18. The van der Waals surface area contributed by atoms with Crippen LogP contribution in [0, 0.1) is 5.41 Å². The number of carbonyl (C=O) groups is 3. The molecule has 6 heteroatoms. The number of hydrogen-bond acceptors (Lipinski definition) is 4. The van der Waals surface area contributed by atoms with E-state index in [1.165, 1.54) is 7.11 Å². The molecule has 0 bridgehead atoms. The van der Waals surface area contributed by atoms with E-state index in [2.05, 4.69) is 10.6 Å². The van der Waals surface area contributed by atoms with Gasteiger partial charge in [0.15, 0.2) is 0 Å². The monoisotopic (exact) mass is 300 g/mol. The number of methoxy groups -OCH3 is 1. The third-order valence-electron chi connectivity index (χ3n) is 3.21. The van der Waals surface area contributed by atoms with Gasteiger partial charge in [-0.05, 0) is 20.3 Å². The van der Waals surface area contributed by atoms with E-state index >= 15 is 0 Å². The fourth-order valence-electron chi connectivity index (χ4n) is 1.80. The molecule has 0 aliphatic carbocycles. The summed E-state index contributed by atoms with van der Waals surface area (Å²) >= 11 is 0. The molecule has 21 heavy (non-hydrogen) atoms. The Morgan fingerprint density at radius 3 is 2.05 bits per heavy atom. The molecule has 2 atom stereocenters. The molecular weight excluding hydrogens is 272 g/mol. The summed E-state index contributed by atoms with van der Waals surface area (Å²) in [4.78, 5) is 35.9. The van der Waals surface area contributed by atoms with E-state index in [0.717, 1.165) is 0 Å². The molecular formula is C15H28N2O4. The molecule has 0 aromatic heterocycles. The minimum Gasteiger partial charge on any atom is -0.467 e. The maximum absolute atomic E-state index is 12.2. The summed E-state index contributed by atoms with van der Waals surface area (Å²) in [7, 11) is 1.28. The minimum absolute atomic E-state index is 0.222. The van der Waals surface area contributed by atoms with Crippen molar-refractivity contribution in [1.82, 2.24) is 10.6 Å². The van der Waals surface area contributed by atoms with Gasteiger partial charge in [-0.25, -0.2) is 4.79 Å². The van der Waals surface area contributed by atoms with Gasteiger partial charge in [-0.3, -0.25) is 9.59 Å². The lowest BCUT2D eigenvalue weighted by Gasteiger charge is -2.29. The first-order valence-electron chi connectivity index (χ1n) is 7.19. The molecule has 0 aromatic rings. The summed E-state index contributed by atoms with van der Waals surface area (Å²) in [5.41, 5.74) is -1.66. The molecule has 0 aliphatic rings. The van der Waals surface area contributed by atoms with Gasteiger partial charge in [0.1, 0.15) is 11.6 Å². The Balaban J connectivity index is 4.85. The van der Waals surface area contributed by atoms with Crippen molar-refractivity contribution in [2.75, 3.05) is 7.11 Å². The van der Waals surface area contributed by atoms with E-state index in [4.69, 9.17) is 4.74 Å². The lowest BCUT2D eigenvalue weighted by atomic mass is 9.94. The second kappa shape index (κ2) is 7.43. The lowest BCUT2D eigenvalue weighted by Crippen LogP contribution is -2.58. The number of ether oxygens (including phenoxy) is 1. The molecule has 6 nitrogen and oxygen atoms in total. The summed E-state index contributed by atoms with van der Waals surface area (Å²) < 4.78 is 4.74. The Morgan fingerprint density at radius 1 is 1.14 bits per heavy atom. The fourth-order valence-corrected chi connectivity index (χ4v) is 1.80. The van der Waals surface area contributed by atoms with Gasteiger partial charge in [-0.15, -0.1) is 0 Å². The molecule has 0 saturated heterocycles. The molecule has 2 N–H and O–H groups in total. The highest BCUT2D eigenvalue weighted by molar-refractivity contribution is 5.93. The molecule has 2 amide bonds. The Kier molecular flexibility index (Phi) is 6.86. The predicted octanol–water partition coefficient (Wildman–Crippen LogP) is 1.39. The van der Waals surface area contributed by atoms with Crippen molar-refractivity contribution in [2.24, 2.45) is 5.41 Å². The average molecular weight is 300 g/mol. The largest absolute Gasteiger partial charge is 0.467 e. The van der Waals surface area contributed by atoms with Crippen molar-refractivity contribution >= 4 is 17.8 Å². The van der Waals surface area contributed by atoms with Gasteiger partial charge < -0.3 is 15.4 Å². The van der Waals surface area contributed by atoms with Crippen molar-refractivity contribution in [3.05, 3.63) is 0 Å². The number of amides is 2. The quantitative estimate of drug-likeness (QED) is 0.726. The van der Waals surface area contributed by atoms with Crippen LogP contribution < -0.4 is 10.6 Å². The van der Waals surface area contributed by atoms with Crippen LogP contribution >= 0.6 is 0 Å². The van der Waals surface area contributed by atoms with Gasteiger partial charge in [0.25, 0.3) is 0 Å². The van der Waals surface area contributed by atoms with Crippen molar-refractivity contribution in [3.63, 3.8) is 0 Å². The molecule has 0 rings (SSSR count). The number of carbonyl (C=O) groups excluding carboxylic acids is 3. The maximum atomic E-state index is 12.2. The number of rotatable bonds is 6. The number of hydrogen-bond donors (Lipinski definition) is 2. The van der Waals surface area contributed by atoms with Crippen LogP contribution in [0.3, 0.4) is 0 Å². The standard InChI is InChI=1S/C15H28N2O4/c1-8-9-15(6,13(20)21-7)17-11(18)10(2)16-12(19)14(3,4)5/h10H,8-9H2,1-7H3,(H,16,19)(H,17,18). The lowest BCUT2D eigenvalue weighted by molar-refractivity contribution is -0.150. The average Bonchev–Trinajstić information content (AvgIpc) is 2.36. The molecule has 0 fully saturated rings. The van der Waals surface area contributed by atoms with E-state index in [-0.39, 0.29) is 5.91 Å². The Labute approximate surface area is 127 Å². The maximum Gasteiger partial charge on any atom is 0.331 e. The highest BCUT2D eigenvalue weighted by Gasteiger charge is 2.36. The second-order valence-electron chi connectivity index (χ2n) is 6.51. The van der Waals surface area contributed by atoms with E-state index in [0.29, 0.717) is 12.8 Å². The summed E-state index contributed by atoms with van der Waals surface area (Å²) in [6, 6.07) is -0.724. The molecule has 0 aromatic carbocycles. The molecule has 0 aliphatic heterocycles. The third-order valence-corrected chi connectivity index (χ3v) is 3.21. The second-order valence-corrected chi connectivity index (χ2v) is 6.51. The molecule has 0 radical (unpaired) electrons. The van der Waals surface area contributed by atoms with E-state index in [1.54, 1.807) is 34.6 Å². The topological polar surface area (TPSA) is 84.5 Å². The first-order chi connectivity index (χ1) is 9.47. The first kappa shape index (κ1) is 19.4. The molecule has 122 valence electrons. The van der Waals surface area contributed by atoms with Crippen LogP contribution in [0.1, 0.15) is 54.4 Å². The van der Waals surface area contributed by atoms with Crippen molar-refractivity contribution in [3.8, 4) is 0 Å². The predicted molar refractivity (Wildman–Crippen MR) is 80.5 cm³/mol. The number of esters is 1. The summed E-state index contributed by atoms with van der Waals surface area (Å²) in [6.45, 7) is 10.4. The van der Waals surface area contributed by atoms with Gasteiger partial charge in [0.05, 0.1) is 7.11 Å². The molecule has 0 saturated carbocycles. The zero-order chi connectivity index (χ0) is 16.8. The first-order valence-corrected chi connectivity index (χ1v) is 7.19. The molecule has 0 heterocycles. The van der Waals surface area contributed by atoms with Gasteiger partial charge >= 0.3 is 5.97 Å². The van der Waals surface area contributed by atoms with Crippen LogP contribution in [-0.4, -0.2) is 36.5 Å². The SMILES string of the molecule is CCCC(C)(NC(=O)C(C)NC(=O)C(C)(C)C)C(=O)OC. The van der Waals surface area contributed by atoms with Crippen LogP contribution in [0.2, 0.25) is 0 Å². The highest BCUT2D eigenvalue weighted by Crippen LogP contribution is 2.15. The summed E-state index contributed by atoms with van der Waals surface area (Å²) in [5, 5.41) is 5.31. The Bertz CT molecular complexity index is 401. The van der Waals surface area contributed by atoms with E-state index in [1.807, 2.05) is 6.92 Å². The van der Waals surface area contributed by atoms with Gasteiger partial charge in [0, 0.05) is 5.41 Å². The van der Waals surface area contributed by atoms with Crippen LogP contribution in [0.4, 0.5) is 0 Å². The normalized spacial score (nSPS) is 15.6. The zero-order valence-electron chi connectivity index (χ0n) is 14.1. The number of nitrogens with one attached hydrogen (secondary N) is 2. The Morgan fingerprint density at radius 2 is 1.67 bits per heavy atom. The zero-order valence-corrected chi connectivity index (χ0v) is 14.1. The van der Waals surface area contributed by atoms with Gasteiger partial charge in [-0.2, -0.15) is 0 Å². The molecule has 0 spiro atoms. The third kappa shape index (κ3) is 5.73. The van der Waals surface area contributed by atoms with E-state index in [9.17, 15) is 14.4 Å². The van der Waals surface area contributed by atoms with Crippen LogP contribution in [0.15, 0.2) is 0 Å². The smallest absolute Gasteiger partial charge is 0.331 e. The minimum atomic E-state index is -1.08. The van der Waals surface area contributed by atoms with Crippen LogP contribution in [0.5, 0.6) is 0 Å². The molecule has 2 unspecified atom stereocenters. The van der Waals surface area contributed by atoms with Crippen LogP contribution in [0.25, 0.3) is 0 Å². The van der Waals surface area contributed by atoms with E-state index < -0.39 is 28.9 Å². The highest BCUT2D eigenvalue weighted by atomic mass is 16.5. The van der Waals surface area contributed by atoms with Crippen molar-refractivity contribution < 1.29 is 19.1 Å². The van der Waals surface area contributed by atoms with Gasteiger partial charge in [-0.1, -0.05) is 34.1 Å². The fraction of sp³-hybridized carbons (Fsp3) is 0.800.